The van der Waals surface area contributed by atoms with E-state index in [1.165, 1.54) is 0 Å². The zero-order valence-corrected chi connectivity index (χ0v) is 18.9. The SMILES string of the molecule is Cc1cc(NC2NN([C@@H](CC#N)C3CC3)C3CCNC(=O)C23)ccc1C(=O)N1CC[C@@H](F)C1. The molecular formula is C24H31FN6O2. The minimum Gasteiger partial charge on any atom is -0.368 e. The molecule has 1 saturated carbocycles. The van der Waals surface area contributed by atoms with Crippen molar-refractivity contribution in [3.05, 3.63) is 29.3 Å². The van der Waals surface area contributed by atoms with Gasteiger partial charge in [0.25, 0.3) is 5.91 Å². The fraction of sp³-hybridized carbons (Fsp3) is 0.625. The van der Waals surface area contributed by atoms with E-state index in [2.05, 4.69) is 27.1 Å². The average molecular weight is 455 g/mol. The zero-order chi connectivity index (χ0) is 23.1. The second-order valence-electron chi connectivity index (χ2n) is 9.77. The van der Waals surface area contributed by atoms with Gasteiger partial charge in [0.1, 0.15) is 12.3 Å². The number of nitrogens with one attached hydrogen (secondary N) is 3. The number of anilines is 1. The molecule has 1 aromatic rings. The molecule has 0 spiro atoms. The normalized spacial score (nSPS) is 30.5. The Hall–Kier alpha value is -2.70. The summed E-state index contributed by atoms with van der Waals surface area (Å²) in [6.07, 6.45) is 2.69. The van der Waals surface area contributed by atoms with Crippen LogP contribution in [0.5, 0.6) is 0 Å². The van der Waals surface area contributed by atoms with Crippen molar-refractivity contribution in [3.8, 4) is 6.07 Å². The van der Waals surface area contributed by atoms with E-state index in [1.54, 1.807) is 11.0 Å². The Morgan fingerprint density at radius 2 is 2.15 bits per heavy atom. The molecule has 1 aromatic carbocycles. The molecule has 0 aromatic heterocycles. The van der Waals surface area contributed by atoms with Crippen LogP contribution >= 0.6 is 0 Å². The lowest BCUT2D eigenvalue weighted by Crippen LogP contribution is -2.52. The quantitative estimate of drug-likeness (QED) is 0.607. The summed E-state index contributed by atoms with van der Waals surface area (Å²) >= 11 is 0. The number of amides is 2. The van der Waals surface area contributed by atoms with Crippen molar-refractivity contribution in [2.75, 3.05) is 25.0 Å². The number of nitriles is 1. The standard InChI is InChI=1S/C24H31FN6O2/c1-14-12-17(4-5-18(14)24(33)30-11-8-16(25)13-30)28-22-21-20(7-10-27-23(21)32)31(29-22)19(6-9-26)15-2-3-15/h4-5,12,15-16,19-22,28-29H,2-3,6-8,10-11,13H2,1H3,(H,27,32)/t16-,19+,20?,21?,22?/m1/s1. The molecule has 0 bridgehead atoms. The molecule has 9 heteroatoms. The van der Waals surface area contributed by atoms with Gasteiger partial charge in [-0.3, -0.25) is 9.59 Å². The number of hydrazine groups is 1. The van der Waals surface area contributed by atoms with Gasteiger partial charge in [0.15, 0.2) is 0 Å². The van der Waals surface area contributed by atoms with E-state index in [1.807, 2.05) is 19.1 Å². The monoisotopic (exact) mass is 454 g/mol. The number of nitrogens with zero attached hydrogens (tertiary/aromatic N) is 3. The average Bonchev–Trinajstić information content (AvgIpc) is 3.44. The van der Waals surface area contributed by atoms with Crippen LogP contribution in [0.2, 0.25) is 0 Å². The summed E-state index contributed by atoms with van der Waals surface area (Å²) in [4.78, 5) is 27.2. The smallest absolute Gasteiger partial charge is 0.254 e. The number of piperidine rings is 1. The number of rotatable bonds is 6. The highest BCUT2D eigenvalue weighted by molar-refractivity contribution is 5.96. The maximum Gasteiger partial charge on any atom is 0.254 e. The van der Waals surface area contributed by atoms with Crippen LogP contribution in [-0.4, -0.2) is 65.8 Å². The third kappa shape index (κ3) is 4.30. The van der Waals surface area contributed by atoms with Gasteiger partial charge in [0.2, 0.25) is 5.91 Å². The van der Waals surface area contributed by atoms with Gasteiger partial charge in [0, 0.05) is 36.4 Å². The van der Waals surface area contributed by atoms with Crippen molar-refractivity contribution < 1.29 is 14.0 Å². The van der Waals surface area contributed by atoms with Gasteiger partial charge >= 0.3 is 0 Å². The lowest BCUT2D eigenvalue weighted by Gasteiger charge is -2.34. The first-order valence-electron chi connectivity index (χ1n) is 12.0. The Morgan fingerprint density at radius 3 is 2.82 bits per heavy atom. The molecule has 33 heavy (non-hydrogen) atoms. The number of carbonyl (C=O) groups is 2. The van der Waals surface area contributed by atoms with Crippen LogP contribution in [0.3, 0.4) is 0 Å². The predicted octanol–water partition coefficient (Wildman–Crippen LogP) is 1.93. The van der Waals surface area contributed by atoms with Gasteiger partial charge < -0.3 is 15.5 Å². The maximum absolute atomic E-state index is 13.5. The van der Waals surface area contributed by atoms with Crippen LogP contribution in [0.4, 0.5) is 10.1 Å². The fourth-order valence-corrected chi connectivity index (χ4v) is 5.61. The van der Waals surface area contributed by atoms with Crippen molar-refractivity contribution in [2.45, 2.75) is 63.4 Å². The van der Waals surface area contributed by atoms with Gasteiger partial charge in [-0.1, -0.05) is 0 Å². The number of likely N-dealkylation sites (tertiary alicyclic amines) is 1. The van der Waals surface area contributed by atoms with Gasteiger partial charge in [-0.15, -0.1) is 0 Å². The van der Waals surface area contributed by atoms with Crippen LogP contribution in [-0.2, 0) is 4.79 Å². The molecule has 3 saturated heterocycles. The number of benzene rings is 1. The Morgan fingerprint density at radius 1 is 1.33 bits per heavy atom. The Bertz CT molecular complexity index is 976. The topological polar surface area (TPSA) is 100 Å². The highest BCUT2D eigenvalue weighted by Crippen LogP contribution is 2.41. The highest BCUT2D eigenvalue weighted by atomic mass is 19.1. The van der Waals surface area contributed by atoms with Crippen LogP contribution in [0.15, 0.2) is 18.2 Å². The molecule has 1 aliphatic carbocycles. The van der Waals surface area contributed by atoms with Crippen LogP contribution in [0, 0.1) is 30.1 Å². The third-order valence-electron chi connectivity index (χ3n) is 7.48. The van der Waals surface area contributed by atoms with Crippen LogP contribution in [0.25, 0.3) is 0 Å². The summed E-state index contributed by atoms with van der Waals surface area (Å²) in [6.45, 7) is 3.12. The van der Waals surface area contributed by atoms with Crippen molar-refractivity contribution in [1.29, 1.82) is 5.26 Å². The van der Waals surface area contributed by atoms with Crippen molar-refractivity contribution in [3.63, 3.8) is 0 Å². The molecule has 0 radical (unpaired) electrons. The minimum absolute atomic E-state index is 0.0172. The van der Waals surface area contributed by atoms with Crippen LogP contribution in [0.1, 0.15) is 48.0 Å². The van der Waals surface area contributed by atoms with E-state index in [0.29, 0.717) is 37.4 Å². The predicted molar refractivity (Wildman–Crippen MR) is 121 cm³/mol. The fourth-order valence-electron chi connectivity index (χ4n) is 5.61. The molecule has 4 fully saturated rings. The van der Waals surface area contributed by atoms with E-state index in [0.717, 1.165) is 30.5 Å². The van der Waals surface area contributed by atoms with Crippen molar-refractivity contribution in [2.24, 2.45) is 11.8 Å². The molecular weight excluding hydrogens is 423 g/mol. The zero-order valence-electron chi connectivity index (χ0n) is 18.9. The number of alkyl halides is 1. The highest BCUT2D eigenvalue weighted by Gasteiger charge is 2.51. The van der Waals surface area contributed by atoms with E-state index < -0.39 is 6.17 Å². The van der Waals surface area contributed by atoms with Crippen LogP contribution < -0.4 is 16.1 Å². The summed E-state index contributed by atoms with van der Waals surface area (Å²) in [6, 6.07) is 8.01. The van der Waals surface area contributed by atoms with Gasteiger partial charge in [0.05, 0.1) is 25.0 Å². The summed E-state index contributed by atoms with van der Waals surface area (Å²) in [5.41, 5.74) is 5.72. The van der Waals surface area contributed by atoms with E-state index >= 15 is 0 Å². The first kappa shape index (κ1) is 22.1. The molecule has 5 atom stereocenters. The summed E-state index contributed by atoms with van der Waals surface area (Å²) in [7, 11) is 0. The van der Waals surface area contributed by atoms with Gasteiger partial charge in [-0.2, -0.15) is 5.26 Å². The van der Waals surface area contributed by atoms with E-state index in [9.17, 15) is 19.2 Å². The summed E-state index contributed by atoms with van der Waals surface area (Å²) in [5.74, 6) is 0.110. The number of fused-ring (bicyclic) bond motifs is 1. The minimum atomic E-state index is -0.943. The molecule has 4 aliphatic rings. The van der Waals surface area contributed by atoms with Crippen molar-refractivity contribution >= 4 is 17.5 Å². The Balaban J connectivity index is 1.33. The number of hydrogen-bond donors (Lipinski definition) is 3. The molecule has 176 valence electrons. The second-order valence-corrected chi connectivity index (χ2v) is 9.77. The Kier molecular flexibility index (Phi) is 5.97. The number of aryl methyl sites for hydroxylation is 1. The third-order valence-corrected chi connectivity index (χ3v) is 7.48. The molecule has 3 unspecified atom stereocenters. The molecule has 8 nitrogen and oxygen atoms in total. The molecule has 3 aliphatic heterocycles. The van der Waals surface area contributed by atoms with E-state index in [4.69, 9.17) is 0 Å². The maximum atomic E-state index is 13.5. The largest absolute Gasteiger partial charge is 0.368 e. The molecule has 3 N–H and O–H groups in total. The first-order valence-corrected chi connectivity index (χ1v) is 12.0. The van der Waals surface area contributed by atoms with E-state index in [-0.39, 0.29) is 42.5 Å². The van der Waals surface area contributed by atoms with Crippen molar-refractivity contribution in [1.82, 2.24) is 20.7 Å². The lowest BCUT2D eigenvalue weighted by molar-refractivity contribution is -0.128. The lowest BCUT2D eigenvalue weighted by atomic mass is 9.90. The second kappa shape index (κ2) is 8.92. The summed E-state index contributed by atoms with van der Waals surface area (Å²) in [5, 5.41) is 18.0. The first-order chi connectivity index (χ1) is 16.0. The molecule has 3 heterocycles. The Labute approximate surface area is 193 Å². The van der Waals surface area contributed by atoms with Gasteiger partial charge in [-0.05, 0) is 62.3 Å². The summed E-state index contributed by atoms with van der Waals surface area (Å²) < 4.78 is 13.5. The number of halogens is 1. The number of hydrogen-bond acceptors (Lipinski definition) is 6. The number of carbonyl (C=O) groups excluding carboxylic acids is 2. The van der Waals surface area contributed by atoms with Gasteiger partial charge in [-0.25, -0.2) is 14.8 Å². The molecule has 2 amide bonds. The molecule has 5 rings (SSSR count).